The minimum Gasteiger partial charge on any atom is -0.386 e. The first-order valence-electron chi connectivity index (χ1n) is 3.94. The van der Waals surface area contributed by atoms with Crippen molar-refractivity contribution in [2.24, 2.45) is 0 Å². The van der Waals surface area contributed by atoms with E-state index in [-0.39, 0.29) is 12.2 Å². The fourth-order valence-electron chi connectivity index (χ4n) is 1.78. The molecule has 0 bridgehead atoms. The van der Waals surface area contributed by atoms with Crippen LogP contribution < -0.4 is 0 Å². The third kappa shape index (κ3) is 1.57. The Morgan fingerprint density at radius 1 is 1.42 bits per heavy atom. The molecule has 0 spiro atoms. The predicted octanol–water partition coefficient (Wildman–Crippen LogP) is 0.408. The fraction of sp³-hybridized carbons (Fsp3) is 0.667. The van der Waals surface area contributed by atoms with Crippen LogP contribution in [0.15, 0.2) is 11.6 Å². The topological polar surface area (TPSA) is 57.5 Å². The Morgan fingerprint density at radius 2 is 1.92 bits per heavy atom. The van der Waals surface area contributed by atoms with Gasteiger partial charge in [-0.2, -0.15) is 0 Å². The maximum atomic E-state index is 11.3. The molecule has 0 saturated carbocycles. The molecular weight excluding hydrogens is 156 g/mol. The van der Waals surface area contributed by atoms with Crippen molar-refractivity contribution in [3.63, 3.8) is 0 Å². The second-order valence-electron chi connectivity index (χ2n) is 3.96. The van der Waals surface area contributed by atoms with Crippen LogP contribution in [0.25, 0.3) is 0 Å². The third-order valence-electron chi connectivity index (χ3n) is 2.08. The van der Waals surface area contributed by atoms with E-state index in [0.717, 1.165) is 0 Å². The van der Waals surface area contributed by atoms with Crippen molar-refractivity contribution in [2.75, 3.05) is 0 Å². The maximum absolute atomic E-state index is 11.3. The van der Waals surface area contributed by atoms with E-state index in [9.17, 15) is 15.0 Å². The first-order valence-corrected chi connectivity index (χ1v) is 3.94. The van der Waals surface area contributed by atoms with E-state index in [0.29, 0.717) is 5.57 Å². The van der Waals surface area contributed by atoms with Gasteiger partial charge in [0.05, 0.1) is 5.60 Å². The maximum Gasteiger partial charge on any atom is 0.189 e. The molecule has 0 aromatic rings. The van der Waals surface area contributed by atoms with Crippen LogP contribution in [0, 0.1) is 0 Å². The van der Waals surface area contributed by atoms with Crippen molar-refractivity contribution >= 4 is 5.78 Å². The van der Waals surface area contributed by atoms with Gasteiger partial charge in [0, 0.05) is 6.42 Å². The van der Waals surface area contributed by atoms with Crippen LogP contribution in [0.5, 0.6) is 0 Å². The van der Waals surface area contributed by atoms with Gasteiger partial charge in [0.1, 0.15) is 5.60 Å². The first kappa shape index (κ1) is 9.42. The molecule has 0 heterocycles. The molecule has 1 aliphatic rings. The van der Waals surface area contributed by atoms with Crippen LogP contribution in [0.3, 0.4) is 0 Å². The molecule has 1 aliphatic carbocycles. The molecule has 2 unspecified atom stereocenters. The van der Waals surface area contributed by atoms with Gasteiger partial charge < -0.3 is 10.2 Å². The lowest BCUT2D eigenvalue weighted by atomic mass is 9.78. The predicted molar refractivity (Wildman–Crippen MR) is 44.6 cm³/mol. The number of hydrogen-bond acceptors (Lipinski definition) is 3. The van der Waals surface area contributed by atoms with Gasteiger partial charge in [-0.05, 0) is 32.4 Å². The van der Waals surface area contributed by atoms with Gasteiger partial charge in [0.2, 0.25) is 0 Å². The highest BCUT2D eigenvalue weighted by atomic mass is 16.3. The lowest BCUT2D eigenvalue weighted by Gasteiger charge is -2.34. The molecule has 0 aromatic carbocycles. The van der Waals surface area contributed by atoms with E-state index >= 15 is 0 Å². The van der Waals surface area contributed by atoms with Gasteiger partial charge in [-0.15, -0.1) is 0 Å². The van der Waals surface area contributed by atoms with Crippen LogP contribution in [0.2, 0.25) is 0 Å². The van der Waals surface area contributed by atoms with Gasteiger partial charge in [0.25, 0.3) is 0 Å². The normalized spacial score (nSPS) is 42.8. The summed E-state index contributed by atoms with van der Waals surface area (Å²) in [5.74, 6) is -0.297. The van der Waals surface area contributed by atoms with Crippen LogP contribution in [-0.2, 0) is 4.79 Å². The van der Waals surface area contributed by atoms with Gasteiger partial charge >= 0.3 is 0 Å². The van der Waals surface area contributed by atoms with E-state index in [1.165, 1.54) is 13.0 Å². The number of carbonyl (C=O) groups excluding carboxylic acids is 1. The summed E-state index contributed by atoms with van der Waals surface area (Å²) in [6, 6.07) is 0. The second kappa shape index (κ2) is 2.41. The molecule has 2 atom stereocenters. The number of ketones is 1. The molecule has 0 saturated heterocycles. The summed E-state index contributed by atoms with van der Waals surface area (Å²) >= 11 is 0. The molecule has 3 nitrogen and oxygen atoms in total. The van der Waals surface area contributed by atoms with Gasteiger partial charge in [-0.25, -0.2) is 0 Å². The van der Waals surface area contributed by atoms with Crippen LogP contribution in [0.4, 0.5) is 0 Å². The van der Waals surface area contributed by atoms with E-state index in [1.54, 1.807) is 13.8 Å². The SMILES string of the molecule is CC1=CC(C)(O)CC(C)(O)C1=O. The summed E-state index contributed by atoms with van der Waals surface area (Å²) < 4.78 is 0. The molecule has 0 radical (unpaired) electrons. The standard InChI is InChI=1S/C9H14O3/c1-6-4-8(2,11)5-9(3,12)7(6)10/h4,11-12H,5H2,1-3H3. The van der Waals surface area contributed by atoms with Gasteiger partial charge in [-0.3, -0.25) is 4.79 Å². The summed E-state index contributed by atoms with van der Waals surface area (Å²) in [4.78, 5) is 11.3. The molecule has 12 heavy (non-hydrogen) atoms. The highest BCUT2D eigenvalue weighted by molar-refractivity contribution is 6.02. The van der Waals surface area contributed by atoms with Crippen LogP contribution in [-0.4, -0.2) is 27.2 Å². The van der Waals surface area contributed by atoms with E-state index in [1.807, 2.05) is 0 Å². The van der Waals surface area contributed by atoms with Crippen molar-refractivity contribution in [3.8, 4) is 0 Å². The average molecular weight is 170 g/mol. The third-order valence-corrected chi connectivity index (χ3v) is 2.08. The molecule has 0 aliphatic heterocycles. The lowest BCUT2D eigenvalue weighted by molar-refractivity contribution is -0.138. The Morgan fingerprint density at radius 3 is 2.33 bits per heavy atom. The summed E-state index contributed by atoms with van der Waals surface area (Å²) in [5.41, 5.74) is -2.06. The zero-order valence-electron chi connectivity index (χ0n) is 7.59. The first-order chi connectivity index (χ1) is 5.25. The van der Waals surface area contributed by atoms with Crippen molar-refractivity contribution in [3.05, 3.63) is 11.6 Å². The number of Topliss-reactive ketones (excluding diaryl/α,β-unsaturated/α-hetero) is 1. The Balaban J connectivity index is 3.09. The Hall–Kier alpha value is -0.670. The Bertz CT molecular complexity index is 248. The van der Waals surface area contributed by atoms with Crippen molar-refractivity contribution in [1.29, 1.82) is 0 Å². The van der Waals surface area contributed by atoms with Crippen LogP contribution >= 0.6 is 0 Å². The quantitative estimate of drug-likeness (QED) is 0.553. The van der Waals surface area contributed by atoms with E-state index < -0.39 is 11.2 Å². The Kier molecular flexibility index (Phi) is 1.89. The summed E-state index contributed by atoms with van der Waals surface area (Å²) in [5, 5.41) is 19.2. The van der Waals surface area contributed by atoms with E-state index in [2.05, 4.69) is 0 Å². The molecule has 2 N–H and O–H groups in total. The summed E-state index contributed by atoms with van der Waals surface area (Å²) in [7, 11) is 0. The molecule has 3 heteroatoms. The highest BCUT2D eigenvalue weighted by Gasteiger charge is 2.41. The second-order valence-corrected chi connectivity index (χ2v) is 3.96. The van der Waals surface area contributed by atoms with E-state index in [4.69, 9.17) is 0 Å². The number of rotatable bonds is 0. The smallest absolute Gasteiger partial charge is 0.189 e. The van der Waals surface area contributed by atoms with Gasteiger partial charge in [-0.1, -0.05) is 0 Å². The number of aliphatic hydroxyl groups is 2. The minimum absolute atomic E-state index is 0.0656. The highest BCUT2D eigenvalue weighted by Crippen LogP contribution is 2.30. The molecule has 68 valence electrons. The fourth-order valence-corrected chi connectivity index (χ4v) is 1.78. The number of carbonyl (C=O) groups is 1. The Labute approximate surface area is 71.7 Å². The van der Waals surface area contributed by atoms with Crippen molar-refractivity contribution < 1.29 is 15.0 Å². The number of hydrogen-bond donors (Lipinski definition) is 2. The summed E-state index contributed by atoms with van der Waals surface area (Å²) in [6.07, 6.45) is 1.56. The minimum atomic E-state index is -1.41. The van der Waals surface area contributed by atoms with Crippen LogP contribution in [0.1, 0.15) is 27.2 Å². The molecule has 1 rings (SSSR count). The van der Waals surface area contributed by atoms with Gasteiger partial charge in [0.15, 0.2) is 5.78 Å². The molecule has 0 amide bonds. The average Bonchev–Trinajstić information content (AvgIpc) is 1.79. The van der Waals surface area contributed by atoms with Crippen molar-refractivity contribution in [1.82, 2.24) is 0 Å². The zero-order valence-corrected chi connectivity index (χ0v) is 7.59. The summed E-state index contributed by atoms with van der Waals surface area (Å²) in [6.45, 7) is 4.61. The largest absolute Gasteiger partial charge is 0.386 e. The molecular formula is C9H14O3. The zero-order chi connectivity index (χ0) is 9.57. The molecule has 0 fully saturated rings. The van der Waals surface area contributed by atoms with Crippen molar-refractivity contribution in [2.45, 2.75) is 38.4 Å². The monoisotopic (exact) mass is 170 g/mol. The lowest BCUT2D eigenvalue weighted by Crippen LogP contribution is -2.47. The molecule has 0 aromatic heterocycles.